The van der Waals surface area contributed by atoms with E-state index in [1.165, 1.54) is 19.4 Å². The average molecular weight is 459 g/mol. The number of hydrogen-bond acceptors (Lipinski definition) is 7. The maximum atomic E-state index is 5.63. The number of fused-ring (bicyclic) bond motifs is 2. The third-order valence-corrected chi connectivity index (χ3v) is 7.78. The molecule has 0 N–H and O–H groups in total. The molecule has 184 valence electrons. The van der Waals surface area contributed by atoms with Crippen LogP contribution in [0.5, 0.6) is 0 Å². The normalized spacial score (nSPS) is 30.9. The number of ether oxygens (including phenoxy) is 1. The lowest BCUT2D eigenvalue weighted by atomic mass is 9.96. The highest BCUT2D eigenvalue weighted by molar-refractivity contribution is 5.03. The van der Waals surface area contributed by atoms with E-state index in [0.717, 1.165) is 31.5 Å². The first-order chi connectivity index (χ1) is 15.6. The van der Waals surface area contributed by atoms with Crippen molar-refractivity contribution in [1.29, 1.82) is 0 Å². The molecular weight excluding hydrogens is 416 g/mol. The number of piperidine rings is 2. The number of hydrogen-bond donors (Lipinski definition) is 0. The summed E-state index contributed by atoms with van der Waals surface area (Å²) in [5.41, 5.74) is 0.520. The summed E-state index contributed by atoms with van der Waals surface area (Å²) in [6.45, 7) is 17.0. The van der Waals surface area contributed by atoms with Crippen LogP contribution in [0.4, 0.5) is 0 Å². The lowest BCUT2D eigenvalue weighted by Crippen LogP contribution is -2.52. The molecule has 3 fully saturated rings. The van der Waals surface area contributed by atoms with Crippen molar-refractivity contribution in [2.24, 2.45) is 5.92 Å². The molecule has 2 aliphatic heterocycles. The molecule has 5 atom stereocenters. The monoisotopic (exact) mass is 458 g/mol. The van der Waals surface area contributed by atoms with E-state index in [2.05, 4.69) is 80.9 Å². The number of methoxy groups -OCH3 is 1. The van der Waals surface area contributed by atoms with Crippen molar-refractivity contribution in [3.05, 3.63) is 25.3 Å². The molecule has 2 saturated heterocycles. The first-order valence-electron chi connectivity index (χ1n) is 12.3. The van der Waals surface area contributed by atoms with Crippen LogP contribution in [0.1, 0.15) is 72.9 Å². The third-order valence-electron chi connectivity index (χ3n) is 7.78. The predicted molar refractivity (Wildman–Crippen MR) is 128 cm³/mol. The maximum Gasteiger partial charge on any atom is 0.119 e. The predicted octanol–water partition coefficient (Wildman–Crippen LogP) is 3.05. The van der Waals surface area contributed by atoms with Gasteiger partial charge in [0.05, 0.1) is 12.1 Å². The quantitative estimate of drug-likeness (QED) is 0.700. The van der Waals surface area contributed by atoms with Crippen LogP contribution in [0.15, 0.2) is 25.3 Å². The molecule has 9 nitrogen and oxygen atoms in total. The molecule has 0 amide bonds. The minimum atomic E-state index is 0.203. The maximum absolute atomic E-state index is 5.63. The molecule has 2 bridgehead atoms. The van der Waals surface area contributed by atoms with Gasteiger partial charge in [-0.05, 0) is 66.7 Å². The zero-order valence-corrected chi connectivity index (χ0v) is 21.4. The molecular formula is C24H42N8O. The fourth-order valence-corrected chi connectivity index (χ4v) is 5.96. The van der Waals surface area contributed by atoms with E-state index >= 15 is 0 Å². The van der Waals surface area contributed by atoms with Crippen LogP contribution >= 0.6 is 0 Å². The van der Waals surface area contributed by atoms with Crippen molar-refractivity contribution in [3.8, 4) is 0 Å². The van der Waals surface area contributed by atoms with Crippen molar-refractivity contribution >= 4 is 0 Å². The van der Waals surface area contributed by atoms with Crippen LogP contribution in [0.25, 0.3) is 0 Å². The topological polar surface area (TPSA) is 77.1 Å². The van der Waals surface area contributed by atoms with E-state index in [0.29, 0.717) is 17.6 Å². The van der Waals surface area contributed by atoms with E-state index in [1.54, 1.807) is 19.8 Å². The molecule has 1 saturated carbocycles. The summed E-state index contributed by atoms with van der Waals surface area (Å²) >= 11 is 0. The molecule has 0 radical (unpaired) electrons. The van der Waals surface area contributed by atoms with E-state index in [1.807, 2.05) is 12.7 Å². The fourth-order valence-electron chi connectivity index (χ4n) is 5.96. The van der Waals surface area contributed by atoms with Crippen molar-refractivity contribution in [2.45, 2.75) is 96.1 Å². The summed E-state index contributed by atoms with van der Waals surface area (Å²) in [6, 6.07) is 1.75. The minimum absolute atomic E-state index is 0.203. The highest BCUT2D eigenvalue weighted by Gasteiger charge is 2.48. The van der Waals surface area contributed by atoms with Gasteiger partial charge in [-0.1, -0.05) is 0 Å². The van der Waals surface area contributed by atoms with Crippen LogP contribution in [0, 0.1) is 5.92 Å². The van der Waals surface area contributed by atoms with Gasteiger partial charge < -0.3 is 13.9 Å². The van der Waals surface area contributed by atoms with Gasteiger partial charge in [0.25, 0.3) is 0 Å². The van der Waals surface area contributed by atoms with Crippen molar-refractivity contribution in [3.63, 3.8) is 0 Å². The molecule has 0 aromatic carbocycles. The zero-order chi connectivity index (χ0) is 23.8. The van der Waals surface area contributed by atoms with Gasteiger partial charge in [0.2, 0.25) is 0 Å². The smallest absolute Gasteiger partial charge is 0.119 e. The molecule has 3 aliphatic rings. The van der Waals surface area contributed by atoms with Crippen molar-refractivity contribution < 1.29 is 4.74 Å². The summed E-state index contributed by atoms with van der Waals surface area (Å²) in [5, 5.41) is 15.6. The van der Waals surface area contributed by atoms with Gasteiger partial charge in [0, 0.05) is 49.9 Å². The van der Waals surface area contributed by atoms with Gasteiger partial charge in [-0.15, -0.1) is 20.4 Å². The lowest BCUT2D eigenvalue weighted by molar-refractivity contribution is -0.0341. The molecule has 1 aliphatic carbocycles. The Bertz CT molecular complexity index is 854. The Morgan fingerprint density at radius 2 is 1.33 bits per heavy atom. The second-order valence-electron chi connectivity index (χ2n) is 11.8. The number of aromatic nitrogens is 6. The van der Waals surface area contributed by atoms with Gasteiger partial charge in [-0.3, -0.25) is 9.80 Å². The second-order valence-corrected chi connectivity index (χ2v) is 11.8. The summed E-state index contributed by atoms with van der Waals surface area (Å²) in [6.07, 6.45) is 11.2. The van der Waals surface area contributed by atoms with Crippen LogP contribution in [0.3, 0.4) is 0 Å². The zero-order valence-electron chi connectivity index (χ0n) is 21.4. The van der Waals surface area contributed by atoms with Gasteiger partial charge >= 0.3 is 0 Å². The van der Waals surface area contributed by atoms with Crippen molar-refractivity contribution in [2.75, 3.05) is 26.7 Å². The number of nitrogens with zero attached hydrogens (tertiary/aromatic N) is 8. The summed E-state index contributed by atoms with van der Waals surface area (Å²) in [7, 11) is 1.79. The third kappa shape index (κ3) is 5.30. The number of likely N-dealkylation sites (tertiary alicyclic amines) is 2. The van der Waals surface area contributed by atoms with Gasteiger partial charge in [-0.25, -0.2) is 0 Å². The van der Waals surface area contributed by atoms with Gasteiger partial charge in [0.1, 0.15) is 25.3 Å². The van der Waals surface area contributed by atoms with Gasteiger partial charge in [0.15, 0.2) is 0 Å². The van der Waals surface area contributed by atoms with E-state index in [9.17, 15) is 0 Å². The first-order valence-corrected chi connectivity index (χ1v) is 12.3. The Hall–Kier alpha value is -1.84. The van der Waals surface area contributed by atoms with Gasteiger partial charge in [-0.2, -0.15) is 0 Å². The molecule has 2 aromatic rings. The highest BCUT2D eigenvalue weighted by atomic mass is 16.5. The molecule has 2 aromatic heterocycles. The van der Waals surface area contributed by atoms with Crippen LogP contribution in [-0.2, 0) is 4.74 Å². The average Bonchev–Trinajstić information content (AvgIpc) is 3.56. The minimum Gasteiger partial charge on any atom is -0.378 e. The van der Waals surface area contributed by atoms with Crippen molar-refractivity contribution in [1.82, 2.24) is 39.3 Å². The molecule has 33 heavy (non-hydrogen) atoms. The Morgan fingerprint density at radius 1 is 0.758 bits per heavy atom. The summed E-state index contributed by atoms with van der Waals surface area (Å²) < 4.78 is 9.90. The largest absolute Gasteiger partial charge is 0.378 e. The molecule has 0 spiro atoms. The summed E-state index contributed by atoms with van der Waals surface area (Å²) in [5.74, 6) is 0.792. The molecule has 5 rings (SSSR count). The van der Waals surface area contributed by atoms with Crippen LogP contribution in [0.2, 0.25) is 0 Å². The van der Waals surface area contributed by atoms with E-state index < -0.39 is 0 Å². The summed E-state index contributed by atoms with van der Waals surface area (Å²) in [4.78, 5) is 5.14. The standard InChI is InChI=1S/C12H22N4O.C12H20N4/c1-12(2,3)16-6-5-10(11(7-16)17-4)15-8-13-14-9-15;1-12(2,3)16-6-9-4-10(16)5-11(9)15-7-13-14-8-15/h8-11H,5-7H2,1-4H3;7-11H,4-6H2,1-3H3. The molecule has 4 heterocycles. The van der Waals surface area contributed by atoms with Crippen LogP contribution < -0.4 is 0 Å². The Morgan fingerprint density at radius 3 is 1.79 bits per heavy atom. The Labute approximate surface area is 198 Å². The Balaban J connectivity index is 0.000000157. The fraction of sp³-hybridized carbons (Fsp3) is 0.833. The number of rotatable bonds is 3. The Kier molecular flexibility index (Phi) is 6.94. The van der Waals surface area contributed by atoms with E-state index in [-0.39, 0.29) is 11.6 Å². The molecule has 5 unspecified atom stereocenters. The first kappa shape index (κ1) is 24.3. The second kappa shape index (κ2) is 9.43. The lowest BCUT2D eigenvalue weighted by Gasteiger charge is -2.44. The van der Waals surface area contributed by atoms with Crippen LogP contribution in [-0.4, -0.2) is 89.3 Å². The molecule has 9 heteroatoms. The van der Waals surface area contributed by atoms with E-state index in [4.69, 9.17) is 4.74 Å². The highest BCUT2D eigenvalue weighted by Crippen LogP contribution is 2.47. The SMILES string of the molecule is CC(C)(C)N1CC2CC1CC2n1cnnc1.COC1CN(C(C)(C)C)CCC1n1cnnc1.